The number of carbonyl (C=O) groups is 2. The monoisotopic (exact) mass is 441 g/mol. The Morgan fingerprint density at radius 3 is 2.35 bits per heavy atom. The number of nitrogens with one attached hydrogen (secondary N) is 1. The second-order valence-corrected chi connectivity index (χ2v) is 7.62. The number of carbonyl (C=O) groups excluding carboxylic acids is 2. The number of ketones is 1. The third-order valence-electron chi connectivity index (χ3n) is 4.85. The average molecular weight is 442 g/mol. The molecule has 1 atom stereocenters. The quantitative estimate of drug-likeness (QED) is 0.517. The van der Waals surface area contributed by atoms with Crippen LogP contribution in [0.1, 0.15) is 35.2 Å². The lowest BCUT2D eigenvalue weighted by Crippen LogP contribution is -2.20. The zero-order chi connectivity index (χ0) is 22.2. The molecule has 0 radical (unpaired) electrons. The van der Waals surface area contributed by atoms with Crippen LogP contribution in [-0.2, 0) is 28.9 Å². The number of likely N-dealkylation sites (N-methyl/N-ethyl adjacent to an activating group) is 1. The van der Waals surface area contributed by atoms with Gasteiger partial charge in [-0.05, 0) is 41.8 Å². The van der Waals surface area contributed by atoms with Crippen molar-refractivity contribution >= 4 is 23.3 Å². The van der Waals surface area contributed by atoms with Crippen LogP contribution >= 0.6 is 11.6 Å². The van der Waals surface area contributed by atoms with E-state index in [4.69, 9.17) is 20.8 Å². The molecule has 2 aromatic carbocycles. The molecule has 0 saturated carbocycles. The van der Waals surface area contributed by atoms with Crippen LogP contribution < -0.4 is 10.1 Å². The second kappa shape index (κ2) is 10.7. The first-order valence-electron chi connectivity index (χ1n) is 9.88. The van der Waals surface area contributed by atoms with E-state index in [-0.39, 0.29) is 42.8 Å². The number of halogens is 1. The van der Waals surface area contributed by atoms with Gasteiger partial charge in [-0.1, -0.05) is 35.9 Å². The van der Waals surface area contributed by atoms with Gasteiger partial charge in [-0.3, -0.25) is 9.59 Å². The van der Waals surface area contributed by atoms with Gasteiger partial charge in [0.05, 0.1) is 7.11 Å². The normalized spacial score (nSPS) is 11.7. The lowest BCUT2D eigenvalue weighted by atomic mass is 9.92. The molecule has 1 heterocycles. The molecule has 3 rings (SSSR count). The summed E-state index contributed by atoms with van der Waals surface area (Å²) < 4.78 is 10.9. The highest BCUT2D eigenvalue weighted by Crippen LogP contribution is 2.26. The first kappa shape index (κ1) is 22.5. The number of aromatic nitrogens is 2. The summed E-state index contributed by atoms with van der Waals surface area (Å²) in [6, 6.07) is 14.8. The fraction of sp³-hybridized carbons (Fsp3) is 0.304. The van der Waals surface area contributed by atoms with Crippen LogP contribution in [0.4, 0.5) is 0 Å². The Bertz CT molecular complexity index is 1020. The molecule has 31 heavy (non-hydrogen) atoms. The fourth-order valence-electron chi connectivity index (χ4n) is 3.20. The van der Waals surface area contributed by atoms with Crippen molar-refractivity contribution < 1.29 is 18.7 Å². The predicted octanol–water partition coefficient (Wildman–Crippen LogP) is 3.55. The van der Waals surface area contributed by atoms with Crippen LogP contribution in [-0.4, -0.2) is 36.0 Å². The second-order valence-electron chi connectivity index (χ2n) is 7.18. The van der Waals surface area contributed by atoms with E-state index in [0.717, 1.165) is 16.9 Å². The summed E-state index contributed by atoms with van der Waals surface area (Å²) in [5.41, 5.74) is 1.90. The summed E-state index contributed by atoms with van der Waals surface area (Å²) >= 11 is 5.92. The van der Waals surface area contributed by atoms with Gasteiger partial charge in [-0.25, -0.2) is 0 Å². The van der Waals surface area contributed by atoms with Crippen molar-refractivity contribution in [1.29, 1.82) is 0 Å². The van der Waals surface area contributed by atoms with Crippen LogP contribution in [0.25, 0.3) is 0 Å². The van der Waals surface area contributed by atoms with E-state index in [9.17, 15) is 9.59 Å². The lowest BCUT2D eigenvalue weighted by Gasteiger charge is -2.13. The maximum atomic E-state index is 12.8. The molecule has 0 bridgehead atoms. The number of hydrogen-bond donors (Lipinski definition) is 1. The van der Waals surface area contributed by atoms with Gasteiger partial charge in [0.15, 0.2) is 0 Å². The molecule has 1 amide bonds. The van der Waals surface area contributed by atoms with Crippen LogP contribution in [0.5, 0.6) is 5.75 Å². The molecule has 0 aliphatic rings. The molecule has 1 aromatic heterocycles. The van der Waals surface area contributed by atoms with Crippen LogP contribution in [0.2, 0.25) is 5.02 Å². The summed E-state index contributed by atoms with van der Waals surface area (Å²) in [6.45, 7) is 0. The van der Waals surface area contributed by atoms with Crippen LogP contribution in [0.3, 0.4) is 0 Å². The van der Waals surface area contributed by atoms with Crippen molar-refractivity contribution in [3.05, 3.63) is 76.5 Å². The number of rotatable bonds is 10. The molecule has 162 valence electrons. The van der Waals surface area contributed by atoms with Crippen molar-refractivity contribution in [1.82, 2.24) is 15.5 Å². The molecule has 8 heteroatoms. The summed E-state index contributed by atoms with van der Waals surface area (Å²) in [5, 5.41) is 11.2. The molecule has 0 saturated heterocycles. The average Bonchev–Trinajstić information content (AvgIpc) is 3.23. The van der Waals surface area contributed by atoms with E-state index in [0.29, 0.717) is 17.3 Å². The van der Waals surface area contributed by atoms with E-state index >= 15 is 0 Å². The summed E-state index contributed by atoms with van der Waals surface area (Å²) in [7, 11) is 3.15. The van der Waals surface area contributed by atoms with Gasteiger partial charge < -0.3 is 14.5 Å². The molecule has 0 spiro atoms. The first-order chi connectivity index (χ1) is 15.0. The van der Waals surface area contributed by atoms with Gasteiger partial charge in [0, 0.05) is 30.8 Å². The molecule has 7 nitrogen and oxygen atoms in total. The molecule has 0 aliphatic heterocycles. The molecule has 0 unspecified atom stereocenters. The maximum absolute atomic E-state index is 12.8. The number of hydrogen-bond acceptors (Lipinski definition) is 6. The zero-order valence-electron chi connectivity index (χ0n) is 17.4. The number of benzene rings is 2. The van der Waals surface area contributed by atoms with Crippen molar-refractivity contribution in [2.45, 2.75) is 31.6 Å². The van der Waals surface area contributed by atoms with Gasteiger partial charge in [-0.2, -0.15) is 0 Å². The number of amides is 1. The van der Waals surface area contributed by atoms with Gasteiger partial charge in [0.1, 0.15) is 18.0 Å². The standard InChI is InChI=1S/C23H24ClN3O4/c1-25-21(29)14-22-26-27-23(31-22)17(11-15-5-9-20(30-2)10-6-15)13-19(28)12-16-3-7-18(24)8-4-16/h3-10,17H,11-14H2,1-2H3,(H,25,29)/t17-/m1/s1. The highest BCUT2D eigenvalue weighted by atomic mass is 35.5. The summed E-state index contributed by atoms with van der Waals surface area (Å²) in [6.07, 6.45) is 1.06. The minimum absolute atomic E-state index is 0.00250. The highest BCUT2D eigenvalue weighted by molar-refractivity contribution is 6.30. The molecule has 0 fully saturated rings. The third-order valence-corrected chi connectivity index (χ3v) is 5.10. The Hall–Kier alpha value is -3.19. The molecule has 1 N–H and O–H groups in total. The minimum Gasteiger partial charge on any atom is -0.497 e. The molecular weight excluding hydrogens is 418 g/mol. The van der Waals surface area contributed by atoms with Gasteiger partial charge in [0.2, 0.25) is 17.7 Å². The summed E-state index contributed by atoms with van der Waals surface area (Å²) in [4.78, 5) is 24.4. The SMILES string of the molecule is CNC(=O)Cc1nnc([C@@H](CC(=O)Cc2ccc(Cl)cc2)Cc2ccc(OC)cc2)o1. The fourth-order valence-corrected chi connectivity index (χ4v) is 3.32. The highest BCUT2D eigenvalue weighted by Gasteiger charge is 2.23. The van der Waals surface area contributed by atoms with E-state index in [1.54, 1.807) is 26.3 Å². The molecular formula is C23H24ClN3O4. The van der Waals surface area contributed by atoms with E-state index in [1.165, 1.54) is 0 Å². The van der Waals surface area contributed by atoms with Crippen molar-refractivity contribution in [3.63, 3.8) is 0 Å². The molecule has 3 aromatic rings. The Labute approximate surface area is 185 Å². The minimum atomic E-state index is -0.306. The largest absolute Gasteiger partial charge is 0.497 e. The number of methoxy groups -OCH3 is 1. The van der Waals surface area contributed by atoms with E-state index in [2.05, 4.69) is 15.5 Å². The van der Waals surface area contributed by atoms with E-state index in [1.807, 2.05) is 36.4 Å². The predicted molar refractivity (Wildman–Crippen MR) is 116 cm³/mol. The Morgan fingerprint density at radius 2 is 1.71 bits per heavy atom. The smallest absolute Gasteiger partial charge is 0.229 e. The lowest BCUT2D eigenvalue weighted by molar-refractivity contribution is -0.120. The third kappa shape index (κ3) is 6.65. The number of ether oxygens (including phenoxy) is 1. The van der Waals surface area contributed by atoms with E-state index < -0.39 is 0 Å². The van der Waals surface area contributed by atoms with Crippen molar-refractivity contribution in [3.8, 4) is 5.75 Å². The zero-order valence-corrected chi connectivity index (χ0v) is 18.2. The number of Topliss-reactive ketones (excluding diaryl/α,β-unsaturated/α-hetero) is 1. The van der Waals surface area contributed by atoms with Crippen LogP contribution in [0.15, 0.2) is 52.9 Å². The Balaban J connectivity index is 1.76. The van der Waals surface area contributed by atoms with Crippen molar-refractivity contribution in [2.24, 2.45) is 0 Å². The number of nitrogens with zero attached hydrogens (tertiary/aromatic N) is 2. The summed E-state index contributed by atoms with van der Waals surface area (Å²) in [5.74, 6) is 0.843. The maximum Gasteiger partial charge on any atom is 0.229 e. The van der Waals surface area contributed by atoms with Gasteiger partial charge in [0.25, 0.3) is 0 Å². The topological polar surface area (TPSA) is 94.3 Å². The van der Waals surface area contributed by atoms with Crippen molar-refractivity contribution in [2.75, 3.05) is 14.2 Å². The van der Waals surface area contributed by atoms with Crippen LogP contribution in [0, 0.1) is 0 Å². The Kier molecular flexibility index (Phi) is 7.78. The van der Waals surface area contributed by atoms with Gasteiger partial charge >= 0.3 is 0 Å². The Morgan fingerprint density at radius 1 is 1.03 bits per heavy atom. The molecule has 0 aliphatic carbocycles. The van der Waals surface area contributed by atoms with Gasteiger partial charge in [-0.15, -0.1) is 10.2 Å². The first-order valence-corrected chi connectivity index (χ1v) is 10.3.